The van der Waals surface area contributed by atoms with Gasteiger partial charge in [0.25, 0.3) is 0 Å². The molecule has 8 aromatic carbocycles. The van der Waals surface area contributed by atoms with Crippen LogP contribution in [0.4, 0.5) is 11.4 Å². The molecule has 2 aliphatic carbocycles. The van der Waals surface area contributed by atoms with Gasteiger partial charge in [-0.1, -0.05) is 170 Å². The molecule has 0 aliphatic heterocycles. The molecular formula is C58H43NO. The summed E-state index contributed by atoms with van der Waals surface area (Å²) in [5.41, 5.74) is 16.4. The molecule has 11 rings (SSSR count). The van der Waals surface area contributed by atoms with E-state index in [1.54, 1.807) is 0 Å². The maximum absolute atomic E-state index is 6.74. The Bertz CT molecular complexity index is 3130. The number of anilines is 2. The van der Waals surface area contributed by atoms with Crippen LogP contribution in [0.1, 0.15) is 36.3 Å². The fourth-order valence-corrected chi connectivity index (χ4v) is 9.13. The minimum absolute atomic E-state index is 0.363. The van der Waals surface area contributed by atoms with E-state index in [4.69, 9.17) is 4.42 Å². The summed E-state index contributed by atoms with van der Waals surface area (Å²) in [4.78, 5) is 2.39. The lowest BCUT2D eigenvalue weighted by atomic mass is 9.91. The molecule has 286 valence electrons. The van der Waals surface area contributed by atoms with Gasteiger partial charge in [-0.25, -0.2) is 0 Å². The maximum Gasteiger partial charge on any atom is 0.143 e. The minimum Gasteiger partial charge on any atom is -0.455 e. The van der Waals surface area contributed by atoms with Crippen molar-refractivity contribution in [1.29, 1.82) is 0 Å². The van der Waals surface area contributed by atoms with Crippen molar-refractivity contribution in [2.75, 3.05) is 4.90 Å². The van der Waals surface area contributed by atoms with E-state index in [1.807, 2.05) is 0 Å². The lowest BCUT2D eigenvalue weighted by Gasteiger charge is -2.29. The highest BCUT2D eigenvalue weighted by atomic mass is 16.3. The first-order chi connectivity index (χ1) is 29.7. The predicted octanol–water partition coefficient (Wildman–Crippen LogP) is 16.2. The number of nitrogens with zero attached hydrogens (tertiary/aromatic N) is 1. The second-order valence-corrected chi connectivity index (χ2v) is 15.9. The van der Waals surface area contributed by atoms with Gasteiger partial charge in [-0.05, 0) is 123 Å². The molecule has 0 amide bonds. The van der Waals surface area contributed by atoms with Crippen molar-refractivity contribution >= 4 is 49.7 Å². The van der Waals surface area contributed by atoms with E-state index >= 15 is 0 Å². The quantitative estimate of drug-likeness (QED) is 0.153. The minimum atomic E-state index is 0.363. The van der Waals surface area contributed by atoms with E-state index in [2.05, 4.69) is 223 Å². The van der Waals surface area contributed by atoms with Crippen LogP contribution in [0.25, 0.3) is 71.7 Å². The number of hydrogen-bond acceptors (Lipinski definition) is 2. The number of hydrogen-bond donors (Lipinski definition) is 0. The van der Waals surface area contributed by atoms with Crippen LogP contribution in [0.3, 0.4) is 0 Å². The fourth-order valence-electron chi connectivity index (χ4n) is 9.13. The number of furan rings is 1. The van der Waals surface area contributed by atoms with Crippen LogP contribution in [0.15, 0.2) is 229 Å². The Kier molecular flexibility index (Phi) is 9.17. The van der Waals surface area contributed by atoms with Crippen molar-refractivity contribution in [3.63, 3.8) is 0 Å². The summed E-state index contributed by atoms with van der Waals surface area (Å²) in [5, 5.41) is 4.56. The van der Waals surface area contributed by atoms with Crippen molar-refractivity contribution in [3.05, 3.63) is 235 Å². The van der Waals surface area contributed by atoms with Crippen molar-refractivity contribution < 1.29 is 4.42 Å². The first kappa shape index (κ1) is 35.7. The molecule has 0 saturated carbocycles. The Morgan fingerprint density at radius 3 is 1.82 bits per heavy atom. The van der Waals surface area contributed by atoms with Crippen LogP contribution in [0.5, 0.6) is 0 Å². The Hall–Kier alpha value is -7.42. The average Bonchev–Trinajstić information content (AvgIpc) is 3.71. The second-order valence-electron chi connectivity index (χ2n) is 15.9. The smallest absolute Gasteiger partial charge is 0.143 e. The first-order valence-corrected chi connectivity index (χ1v) is 21.1. The molecule has 1 aromatic heterocycles. The highest BCUT2D eigenvalue weighted by Crippen LogP contribution is 2.42. The van der Waals surface area contributed by atoms with Gasteiger partial charge in [0.2, 0.25) is 0 Å². The van der Waals surface area contributed by atoms with Gasteiger partial charge >= 0.3 is 0 Å². The fraction of sp³-hybridized carbons (Fsp3) is 0.0690. The molecule has 0 fully saturated rings. The van der Waals surface area contributed by atoms with Crippen molar-refractivity contribution in [2.45, 2.75) is 25.2 Å². The van der Waals surface area contributed by atoms with E-state index in [0.717, 1.165) is 63.5 Å². The largest absolute Gasteiger partial charge is 0.455 e. The summed E-state index contributed by atoms with van der Waals surface area (Å²) >= 11 is 0. The van der Waals surface area contributed by atoms with Crippen LogP contribution in [-0.2, 0) is 0 Å². The summed E-state index contributed by atoms with van der Waals surface area (Å²) < 4.78 is 6.74. The molecular weight excluding hydrogens is 727 g/mol. The molecule has 0 radical (unpaired) electrons. The van der Waals surface area contributed by atoms with Gasteiger partial charge in [-0.2, -0.15) is 0 Å². The van der Waals surface area contributed by atoms with Gasteiger partial charge in [0.1, 0.15) is 11.2 Å². The Balaban J connectivity index is 0.951. The zero-order valence-corrected chi connectivity index (χ0v) is 33.3. The molecule has 2 heteroatoms. The lowest BCUT2D eigenvalue weighted by Crippen LogP contribution is -2.17. The van der Waals surface area contributed by atoms with Crippen LogP contribution < -0.4 is 4.90 Å². The third-order valence-corrected chi connectivity index (χ3v) is 12.3. The van der Waals surface area contributed by atoms with E-state index in [9.17, 15) is 0 Å². The van der Waals surface area contributed by atoms with Gasteiger partial charge in [0, 0.05) is 39.1 Å². The molecule has 0 spiro atoms. The average molecular weight is 770 g/mol. The third kappa shape index (κ3) is 6.67. The van der Waals surface area contributed by atoms with E-state index in [-0.39, 0.29) is 0 Å². The monoisotopic (exact) mass is 769 g/mol. The van der Waals surface area contributed by atoms with Gasteiger partial charge in [-0.3, -0.25) is 0 Å². The number of rotatable bonds is 8. The first-order valence-electron chi connectivity index (χ1n) is 21.1. The molecule has 1 heterocycles. The summed E-state index contributed by atoms with van der Waals surface area (Å²) in [7, 11) is 0. The molecule has 0 saturated heterocycles. The van der Waals surface area contributed by atoms with Crippen molar-refractivity contribution in [1.82, 2.24) is 0 Å². The van der Waals surface area contributed by atoms with Crippen LogP contribution in [0, 0.1) is 0 Å². The summed E-state index contributed by atoms with van der Waals surface area (Å²) in [6.07, 6.45) is 16.8. The highest BCUT2D eigenvalue weighted by Gasteiger charge is 2.20. The van der Waals surface area contributed by atoms with Crippen molar-refractivity contribution in [2.24, 2.45) is 0 Å². The molecule has 1 atom stereocenters. The summed E-state index contributed by atoms with van der Waals surface area (Å²) in [6.45, 7) is 0. The molecule has 0 bridgehead atoms. The van der Waals surface area contributed by atoms with Gasteiger partial charge in [-0.15, -0.1) is 0 Å². The maximum atomic E-state index is 6.74. The van der Waals surface area contributed by atoms with Crippen LogP contribution >= 0.6 is 0 Å². The van der Waals surface area contributed by atoms with E-state index < -0.39 is 0 Å². The number of allylic oxidation sites excluding steroid dienone is 7. The zero-order chi connectivity index (χ0) is 39.8. The zero-order valence-electron chi connectivity index (χ0n) is 33.3. The van der Waals surface area contributed by atoms with Crippen LogP contribution in [0.2, 0.25) is 0 Å². The number of fused-ring (bicyclic) bond motifs is 5. The third-order valence-electron chi connectivity index (χ3n) is 12.3. The van der Waals surface area contributed by atoms with Gasteiger partial charge < -0.3 is 9.32 Å². The normalized spacial score (nSPS) is 15.0. The molecule has 0 N–H and O–H groups in total. The molecule has 2 nitrogen and oxygen atoms in total. The Morgan fingerprint density at radius 1 is 0.500 bits per heavy atom. The highest BCUT2D eigenvalue weighted by molar-refractivity contribution is 6.19. The molecule has 60 heavy (non-hydrogen) atoms. The molecule has 9 aromatic rings. The summed E-state index contributed by atoms with van der Waals surface area (Å²) in [6, 6.07) is 66.0. The topological polar surface area (TPSA) is 16.4 Å². The van der Waals surface area contributed by atoms with E-state index in [1.165, 1.54) is 55.6 Å². The van der Waals surface area contributed by atoms with Crippen LogP contribution in [-0.4, -0.2) is 0 Å². The predicted molar refractivity (Wildman–Crippen MR) is 253 cm³/mol. The molecule has 2 aliphatic rings. The van der Waals surface area contributed by atoms with E-state index in [0.29, 0.717) is 5.92 Å². The lowest BCUT2D eigenvalue weighted by molar-refractivity contribution is 0.673. The standard InChI is InChI=1S/C58H43NO/c1-4-12-40(13-5-1)43-20-22-46(23-21-43)48-30-37-53-56-39-55(52-18-10-11-19-54(52)58(56)60-57(53)38-48)47-28-35-51(36-29-47)59(49-31-24-44(25-32-49)41-14-6-2-7-15-41)50-33-26-45(27-34-50)42-16-8-3-9-17-42/h1-4,6-12,14-26,28-39,45H,5,13,27H2. The Morgan fingerprint density at radius 2 is 1.12 bits per heavy atom. The second kappa shape index (κ2) is 15.4. The molecule has 1 unspecified atom stereocenters. The SMILES string of the molecule is C1=CCCC(c2ccc(-c3ccc4c(c3)oc3c5ccccc5c(-c5ccc(N(C6=CCC(c7ccccc7)C=C6)c6ccc(-c7ccccc7)cc6)cc5)cc43)cc2)=C1. The number of benzene rings is 8. The summed E-state index contributed by atoms with van der Waals surface area (Å²) in [5.74, 6) is 0.363. The van der Waals surface area contributed by atoms with Gasteiger partial charge in [0.15, 0.2) is 0 Å². The Labute approximate surface area is 351 Å². The van der Waals surface area contributed by atoms with Crippen molar-refractivity contribution in [3.8, 4) is 33.4 Å². The van der Waals surface area contributed by atoms with Gasteiger partial charge in [0.05, 0.1) is 0 Å².